The van der Waals surface area contributed by atoms with E-state index in [1.807, 2.05) is 12.3 Å². The molecule has 0 aromatic rings. The van der Waals surface area contributed by atoms with Crippen molar-refractivity contribution in [2.45, 2.75) is 33.1 Å². The molecule has 1 heteroatoms. The Kier molecular flexibility index (Phi) is 8.67. The molecule has 0 fully saturated rings. The summed E-state index contributed by atoms with van der Waals surface area (Å²) >= 11 is 0. The molecule has 0 heterocycles. The molecular weight excluding hydrogens is 134 g/mol. The lowest BCUT2D eigenvalue weighted by molar-refractivity contribution is 0.735. The predicted octanol–water partition coefficient (Wildman–Crippen LogP) is 2.86. The van der Waals surface area contributed by atoms with Gasteiger partial charge in [-0.25, -0.2) is 0 Å². The van der Waals surface area contributed by atoms with E-state index in [1.165, 1.54) is 12.8 Å². The molecule has 0 amide bonds. The van der Waals surface area contributed by atoms with Crippen LogP contribution in [0.25, 0.3) is 0 Å². The smallest absolute Gasteiger partial charge is 0.0141 e. The molecule has 64 valence electrons. The summed E-state index contributed by atoms with van der Waals surface area (Å²) in [6, 6.07) is 0. The molecule has 11 heavy (non-hydrogen) atoms. The molecule has 1 nitrogen and oxygen atoms in total. The fourth-order valence-corrected chi connectivity index (χ4v) is 0.700. The van der Waals surface area contributed by atoms with Crippen LogP contribution in [-0.2, 0) is 0 Å². The van der Waals surface area contributed by atoms with Gasteiger partial charge in [-0.2, -0.15) is 0 Å². The average molecular weight is 153 g/mol. The highest BCUT2D eigenvalue weighted by Crippen LogP contribution is 1.83. The van der Waals surface area contributed by atoms with E-state index in [9.17, 15) is 0 Å². The third-order valence-electron chi connectivity index (χ3n) is 1.37. The van der Waals surface area contributed by atoms with Crippen LogP contribution in [0.5, 0.6) is 0 Å². The first-order valence-corrected chi connectivity index (χ1v) is 4.46. The van der Waals surface area contributed by atoms with E-state index in [4.69, 9.17) is 0 Å². The number of nitrogens with one attached hydrogen (secondary N) is 1. The minimum Gasteiger partial charge on any atom is -0.391 e. The van der Waals surface area contributed by atoms with Gasteiger partial charge in [-0.3, -0.25) is 0 Å². The van der Waals surface area contributed by atoms with Crippen LogP contribution in [0.4, 0.5) is 0 Å². The molecule has 0 aromatic carbocycles. The van der Waals surface area contributed by atoms with Crippen molar-refractivity contribution in [1.29, 1.82) is 0 Å². The van der Waals surface area contributed by atoms with Gasteiger partial charge in [-0.05, 0) is 25.1 Å². The molecule has 0 saturated carbocycles. The van der Waals surface area contributed by atoms with Crippen LogP contribution in [-0.4, -0.2) is 6.54 Å². The topological polar surface area (TPSA) is 12.0 Å². The Balaban J connectivity index is 3.09. The lowest BCUT2D eigenvalue weighted by Crippen LogP contribution is -2.05. The number of allylic oxidation sites excluding steroid dienone is 3. The van der Waals surface area contributed by atoms with Crippen molar-refractivity contribution in [3.8, 4) is 0 Å². The first kappa shape index (κ1) is 10.3. The maximum atomic E-state index is 3.21. The van der Waals surface area contributed by atoms with E-state index in [0.29, 0.717) is 0 Å². The van der Waals surface area contributed by atoms with Crippen LogP contribution < -0.4 is 5.32 Å². The van der Waals surface area contributed by atoms with Gasteiger partial charge in [0.1, 0.15) is 0 Å². The first-order valence-electron chi connectivity index (χ1n) is 4.46. The van der Waals surface area contributed by atoms with Crippen LogP contribution >= 0.6 is 0 Å². The Labute approximate surface area is 70.2 Å². The van der Waals surface area contributed by atoms with Gasteiger partial charge in [-0.15, -0.1) is 0 Å². The van der Waals surface area contributed by atoms with Gasteiger partial charge in [0, 0.05) is 6.54 Å². The summed E-state index contributed by atoms with van der Waals surface area (Å²) in [5, 5.41) is 3.21. The molecule has 0 aliphatic heterocycles. The Hall–Kier alpha value is -0.720. The second-order valence-electron chi connectivity index (χ2n) is 2.50. The minimum absolute atomic E-state index is 1.09. The van der Waals surface area contributed by atoms with Gasteiger partial charge in [0.15, 0.2) is 0 Å². The molecule has 0 aliphatic rings. The highest BCUT2D eigenvalue weighted by atomic mass is 14.8. The standard InChI is InChI=1S/C10H19N/c1-3-5-7-8-10-11-9-6-4-2/h5,7-8,10-11H,3-4,6,9H2,1-2H3/b7-5-,10-8-. The summed E-state index contributed by atoms with van der Waals surface area (Å²) in [4.78, 5) is 0. The summed E-state index contributed by atoms with van der Waals surface area (Å²) in [5.74, 6) is 0. The van der Waals surface area contributed by atoms with Crippen LogP contribution in [0.15, 0.2) is 24.4 Å². The van der Waals surface area contributed by atoms with Gasteiger partial charge in [0.25, 0.3) is 0 Å². The van der Waals surface area contributed by atoms with E-state index < -0.39 is 0 Å². The zero-order valence-corrected chi connectivity index (χ0v) is 7.64. The van der Waals surface area contributed by atoms with E-state index >= 15 is 0 Å². The molecule has 0 rings (SSSR count). The quantitative estimate of drug-likeness (QED) is 0.457. The van der Waals surface area contributed by atoms with Gasteiger partial charge in [0.2, 0.25) is 0 Å². The predicted molar refractivity (Wildman–Crippen MR) is 51.5 cm³/mol. The number of hydrogen-bond acceptors (Lipinski definition) is 1. The third-order valence-corrected chi connectivity index (χ3v) is 1.37. The monoisotopic (exact) mass is 153 g/mol. The molecule has 1 N–H and O–H groups in total. The van der Waals surface area contributed by atoms with E-state index in [1.54, 1.807) is 0 Å². The zero-order chi connectivity index (χ0) is 8.36. The van der Waals surface area contributed by atoms with Crippen molar-refractivity contribution >= 4 is 0 Å². The van der Waals surface area contributed by atoms with Crippen molar-refractivity contribution < 1.29 is 0 Å². The normalized spacial score (nSPS) is 11.5. The first-order chi connectivity index (χ1) is 5.41. The zero-order valence-electron chi connectivity index (χ0n) is 7.64. The van der Waals surface area contributed by atoms with Gasteiger partial charge in [0.05, 0.1) is 0 Å². The molecule has 0 spiro atoms. The van der Waals surface area contributed by atoms with Crippen molar-refractivity contribution in [2.75, 3.05) is 6.54 Å². The maximum absolute atomic E-state index is 3.21. The molecule has 0 atom stereocenters. The van der Waals surface area contributed by atoms with Gasteiger partial charge < -0.3 is 5.32 Å². The van der Waals surface area contributed by atoms with E-state index in [0.717, 1.165) is 13.0 Å². The molecule has 0 aromatic heterocycles. The maximum Gasteiger partial charge on any atom is 0.0141 e. The number of hydrogen-bond donors (Lipinski definition) is 1. The van der Waals surface area contributed by atoms with E-state index in [-0.39, 0.29) is 0 Å². The number of rotatable bonds is 6. The molecule has 0 unspecified atom stereocenters. The molecule has 0 saturated heterocycles. The van der Waals surface area contributed by atoms with Crippen LogP contribution in [0.1, 0.15) is 33.1 Å². The van der Waals surface area contributed by atoms with Crippen molar-refractivity contribution in [3.63, 3.8) is 0 Å². The van der Waals surface area contributed by atoms with Gasteiger partial charge >= 0.3 is 0 Å². The Morgan fingerprint density at radius 3 is 2.64 bits per heavy atom. The minimum atomic E-state index is 1.09. The van der Waals surface area contributed by atoms with Crippen molar-refractivity contribution in [3.05, 3.63) is 24.4 Å². The molecule has 0 radical (unpaired) electrons. The van der Waals surface area contributed by atoms with Crippen LogP contribution in [0.3, 0.4) is 0 Å². The van der Waals surface area contributed by atoms with Crippen molar-refractivity contribution in [1.82, 2.24) is 5.32 Å². The summed E-state index contributed by atoms with van der Waals surface area (Å²) in [6.07, 6.45) is 11.9. The highest BCUT2D eigenvalue weighted by molar-refractivity contribution is 5.00. The largest absolute Gasteiger partial charge is 0.391 e. The lowest BCUT2D eigenvalue weighted by atomic mass is 10.3. The molecule has 0 aliphatic carbocycles. The van der Waals surface area contributed by atoms with Crippen LogP contribution in [0.2, 0.25) is 0 Å². The second kappa shape index (κ2) is 9.28. The van der Waals surface area contributed by atoms with Crippen molar-refractivity contribution in [2.24, 2.45) is 0 Å². The summed E-state index contributed by atoms with van der Waals surface area (Å²) in [6.45, 7) is 5.42. The third kappa shape index (κ3) is 9.28. The Bertz CT molecular complexity index is 114. The summed E-state index contributed by atoms with van der Waals surface area (Å²) < 4.78 is 0. The summed E-state index contributed by atoms with van der Waals surface area (Å²) in [7, 11) is 0. The summed E-state index contributed by atoms with van der Waals surface area (Å²) in [5.41, 5.74) is 0. The average Bonchev–Trinajstić information content (AvgIpc) is 2.03. The number of unbranched alkanes of at least 4 members (excludes halogenated alkanes) is 1. The molecular formula is C10H19N. The highest BCUT2D eigenvalue weighted by Gasteiger charge is 1.76. The Morgan fingerprint density at radius 1 is 1.18 bits per heavy atom. The Morgan fingerprint density at radius 2 is 2.00 bits per heavy atom. The SMILES string of the molecule is CC/C=C\C=C/NCCCC. The van der Waals surface area contributed by atoms with E-state index in [2.05, 4.69) is 31.3 Å². The second-order valence-corrected chi connectivity index (χ2v) is 2.50. The van der Waals surface area contributed by atoms with Gasteiger partial charge in [-0.1, -0.05) is 32.4 Å². The molecule has 0 bridgehead atoms. The fraction of sp³-hybridized carbons (Fsp3) is 0.600. The lowest BCUT2D eigenvalue weighted by Gasteiger charge is -1.95. The fourth-order valence-electron chi connectivity index (χ4n) is 0.700. The van der Waals surface area contributed by atoms with Crippen LogP contribution in [0, 0.1) is 0 Å².